The predicted molar refractivity (Wildman–Crippen MR) is 156 cm³/mol. The summed E-state index contributed by atoms with van der Waals surface area (Å²) in [4.78, 5) is 28.6. The normalized spacial score (nSPS) is 16.9. The fourth-order valence-electron chi connectivity index (χ4n) is 4.86. The SMILES string of the molecule is CCOc1ccc(/C(O)=C2/C(=O)C(=O)N(c3ccc(OC(C)C)cc3)C2c2ccc(OC)cc2)cc1C(C)(C)C. The van der Waals surface area contributed by atoms with E-state index in [-0.39, 0.29) is 22.9 Å². The van der Waals surface area contributed by atoms with Crippen molar-refractivity contribution in [1.29, 1.82) is 0 Å². The maximum absolute atomic E-state index is 13.6. The quantitative estimate of drug-likeness (QED) is 0.191. The van der Waals surface area contributed by atoms with Crippen LogP contribution >= 0.6 is 0 Å². The predicted octanol–water partition coefficient (Wildman–Crippen LogP) is 6.80. The molecule has 0 saturated carbocycles. The van der Waals surface area contributed by atoms with E-state index < -0.39 is 17.7 Å². The number of aliphatic hydroxyl groups excluding tert-OH is 1. The Kier molecular flexibility index (Phi) is 8.24. The van der Waals surface area contributed by atoms with Gasteiger partial charge >= 0.3 is 0 Å². The van der Waals surface area contributed by atoms with Crippen LogP contribution in [0.4, 0.5) is 5.69 Å². The molecule has 1 unspecified atom stereocenters. The summed E-state index contributed by atoms with van der Waals surface area (Å²) >= 11 is 0. The molecule has 210 valence electrons. The van der Waals surface area contributed by atoms with Gasteiger partial charge in [0.25, 0.3) is 11.7 Å². The van der Waals surface area contributed by atoms with Crippen LogP contribution in [0.3, 0.4) is 0 Å². The number of hydrogen-bond acceptors (Lipinski definition) is 6. The standard InChI is InChI=1S/C33H37NO6/c1-8-39-27-18-11-22(19-26(27)33(4,5)6)30(35)28-29(21-9-14-24(38-7)15-10-21)34(32(37)31(28)36)23-12-16-25(17-13-23)40-20(2)3/h9-20,29,35H,8H2,1-7H3/b30-28-. The Balaban J connectivity index is 1.89. The van der Waals surface area contributed by atoms with Gasteiger partial charge in [-0.25, -0.2) is 0 Å². The number of carbonyl (C=O) groups is 2. The van der Waals surface area contributed by atoms with Crippen LogP contribution in [0, 0.1) is 0 Å². The number of benzene rings is 3. The van der Waals surface area contributed by atoms with Crippen molar-refractivity contribution in [1.82, 2.24) is 0 Å². The minimum absolute atomic E-state index is 0.00789. The Labute approximate surface area is 236 Å². The smallest absolute Gasteiger partial charge is 0.300 e. The molecule has 0 spiro atoms. The van der Waals surface area contributed by atoms with Crippen molar-refractivity contribution in [3.05, 3.63) is 89.0 Å². The molecule has 3 aromatic rings. The molecular formula is C33H37NO6. The highest BCUT2D eigenvalue weighted by atomic mass is 16.5. The van der Waals surface area contributed by atoms with Crippen LogP contribution in [0.15, 0.2) is 72.3 Å². The first-order chi connectivity index (χ1) is 19.0. The largest absolute Gasteiger partial charge is 0.507 e. The number of ether oxygens (including phenoxy) is 3. The molecule has 1 N–H and O–H groups in total. The van der Waals surface area contributed by atoms with E-state index in [1.165, 1.54) is 4.90 Å². The number of rotatable bonds is 8. The van der Waals surface area contributed by atoms with E-state index in [1.807, 2.05) is 26.8 Å². The zero-order valence-corrected chi connectivity index (χ0v) is 24.1. The summed E-state index contributed by atoms with van der Waals surface area (Å²) in [5.41, 5.74) is 2.22. The van der Waals surface area contributed by atoms with Gasteiger partial charge in [-0.3, -0.25) is 14.5 Å². The van der Waals surface area contributed by atoms with Gasteiger partial charge in [-0.15, -0.1) is 0 Å². The van der Waals surface area contributed by atoms with Gasteiger partial charge in [-0.1, -0.05) is 32.9 Å². The molecule has 7 heteroatoms. The Morgan fingerprint density at radius 1 is 0.950 bits per heavy atom. The molecule has 4 rings (SSSR count). The average Bonchev–Trinajstić information content (AvgIpc) is 3.18. The number of anilines is 1. The van der Waals surface area contributed by atoms with Crippen molar-refractivity contribution in [2.24, 2.45) is 0 Å². The summed E-state index contributed by atoms with van der Waals surface area (Å²) in [6, 6.07) is 18.6. The molecule has 1 aliphatic rings. The van der Waals surface area contributed by atoms with Gasteiger partial charge in [0.15, 0.2) is 0 Å². The van der Waals surface area contributed by atoms with E-state index in [2.05, 4.69) is 20.8 Å². The topological polar surface area (TPSA) is 85.3 Å². The zero-order valence-electron chi connectivity index (χ0n) is 24.1. The van der Waals surface area contributed by atoms with Crippen molar-refractivity contribution in [3.8, 4) is 17.2 Å². The summed E-state index contributed by atoms with van der Waals surface area (Å²) in [7, 11) is 1.57. The third-order valence-corrected chi connectivity index (χ3v) is 6.72. The van der Waals surface area contributed by atoms with Crippen LogP contribution in [-0.2, 0) is 15.0 Å². The maximum Gasteiger partial charge on any atom is 0.300 e. The Morgan fingerprint density at radius 2 is 1.57 bits per heavy atom. The molecule has 0 bridgehead atoms. The number of amides is 1. The Hall–Kier alpha value is -4.26. The van der Waals surface area contributed by atoms with Gasteiger partial charge in [0.05, 0.1) is 31.4 Å². The van der Waals surface area contributed by atoms with E-state index in [1.54, 1.807) is 67.8 Å². The first-order valence-electron chi connectivity index (χ1n) is 13.5. The Bertz CT molecular complexity index is 1410. The molecule has 40 heavy (non-hydrogen) atoms. The second-order valence-corrected chi connectivity index (χ2v) is 11.0. The molecule has 3 aromatic carbocycles. The lowest BCUT2D eigenvalue weighted by atomic mass is 9.84. The highest BCUT2D eigenvalue weighted by Gasteiger charge is 2.47. The van der Waals surface area contributed by atoms with Crippen molar-refractivity contribution in [3.63, 3.8) is 0 Å². The van der Waals surface area contributed by atoms with Crippen LogP contribution in [0.5, 0.6) is 17.2 Å². The maximum atomic E-state index is 13.6. The molecule has 0 radical (unpaired) electrons. The number of carbonyl (C=O) groups excluding carboxylic acids is 2. The van der Waals surface area contributed by atoms with E-state index in [0.29, 0.717) is 40.7 Å². The number of Topliss-reactive ketones (excluding diaryl/α,β-unsaturated/α-hetero) is 1. The van der Waals surface area contributed by atoms with E-state index >= 15 is 0 Å². The van der Waals surface area contributed by atoms with E-state index in [9.17, 15) is 14.7 Å². The molecular weight excluding hydrogens is 506 g/mol. The number of ketones is 1. The van der Waals surface area contributed by atoms with Gasteiger partial charge in [-0.05, 0) is 86.3 Å². The minimum Gasteiger partial charge on any atom is -0.507 e. The average molecular weight is 544 g/mol. The first-order valence-corrected chi connectivity index (χ1v) is 13.5. The summed E-state index contributed by atoms with van der Waals surface area (Å²) in [6.45, 7) is 12.4. The molecule has 7 nitrogen and oxygen atoms in total. The van der Waals surface area contributed by atoms with Crippen LogP contribution in [0.1, 0.15) is 64.3 Å². The van der Waals surface area contributed by atoms with Crippen molar-refractivity contribution in [2.45, 2.75) is 59.1 Å². The van der Waals surface area contributed by atoms with Gasteiger partial charge < -0.3 is 19.3 Å². The fourth-order valence-corrected chi connectivity index (χ4v) is 4.86. The molecule has 1 atom stereocenters. The fraction of sp³-hybridized carbons (Fsp3) is 0.333. The van der Waals surface area contributed by atoms with Crippen molar-refractivity contribution < 1.29 is 28.9 Å². The lowest BCUT2D eigenvalue weighted by molar-refractivity contribution is -0.132. The second-order valence-electron chi connectivity index (χ2n) is 11.0. The number of methoxy groups -OCH3 is 1. The van der Waals surface area contributed by atoms with E-state index in [0.717, 1.165) is 5.56 Å². The summed E-state index contributed by atoms with van der Waals surface area (Å²) in [5, 5.41) is 11.7. The third-order valence-electron chi connectivity index (χ3n) is 6.72. The molecule has 1 fully saturated rings. The van der Waals surface area contributed by atoms with Crippen LogP contribution in [-0.4, -0.2) is 36.6 Å². The Morgan fingerprint density at radius 3 is 2.12 bits per heavy atom. The van der Waals surface area contributed by atoms with Crippen LogP contribution in [0.25, 0.3) is 5.76 Å². The van der Waals surface area contributed by atoms with Gasteiger partial charge in [0.1, 0.15) is 23.0 Å². The highest BCUT2D eigenvalue weighted by Crippen LogP contribution is 2.43. The summed E-state index contributed by atoms with van der Waals surface area (Å²) in [6.07, 6.45) is -0.00789. The number of hydrogen-bond donors (Lipinski definition) is 1. The first kappa shape index (κ1) is 28.7. The number of nitrogens with zero attached hydrogens (tertiary/aromatic N) is 1. The molecule has 1 heterocycles. The van der Waals surface area contributed by atoms with Crippen molar-refractivity contribution >= 4 is 23.1 Å². The lowest BCUT2D eigenvalue weighted by Gasteiger charge is -2.26. The van der Waals surface area contributed by atoms with Gasteiger partial charge in [0, 0.05) is 16.8 Å². The number of aliphatic hydroxyl groups is 1. The van der Waals surface area contributed by atoms with Crippen LogP contribution in [0.2, 0.25) is 0 Å². The highest BCUT2D eigenvalue weighted by molar-refractivity contribution is 6.51. The van der Waals surface area contributed by atoms with Gasteiger partial charge in [0.2, 0.25) is 0 Å². The summed E-state index contributed by atoms with van der Waals surface area (Å²) in [5.74, 6) is 0.281. The molecule has 1 amide bonds. The third kappa shape index (κ3) is 5.69. The minimum atomic E-state index is -0.854. The van der Waals surface area contributed by atoms with Crippen molar-refractivity contribution in [2.75, 3.05) is 18.6 Å². The molecule has 0 aromatic heterocycles. The zero-order chi connectivity index (χ0) is 29.2. The molecule has 0 aliphatic carbocycles. The summed E-state index contributed by atoms with van der Waals surface area (Å²) < 4.78 is 16.9. The molecule has 1 aliphatic heterocycles. The monoisotopic (exact) mass is 543 g/mol. The second kappa shape index (κ2) is 11.5. The molecule has 1 saturated heterocycles. The van der Waals surface area contributed by atoms with Gasteiger partial charge in [-0.2, -0.15) is 0 Å². The van der Waals surface area contributed by atoms with E-state index in [4.69, 9.17) is 14.2 Å². The lowest BCUT2D eigenvalue weighted by Crippen LogP contribution is -2.29. The van der Waals surface area contributed by atoms with Crippen LogP contribution < -0.4 is 19.1 Å².